The van der Waals surface area contributed by atoms with Gasteiger partial charge < -0.3 is 10.1 Å². The van der Waals surface area contributed by atoms with E-state index in [1.165, 1.54) is 18.4 Å². The van der Waals surface area contributed by atoms with Crippen molar-refractivity contribution in [2.24, 2.45) is 0 Å². The summed E-state index contributed by atoms with van der Waals surface area (Å²) in [5.74, 6) is 0.717. The molecule has 3 nitrogen and oxygen atoms in total. The van der Waals surface area contributed by atoms with Crippen LogP contribution in [0.1, 0.15) is 31.4 Å². The number of rotatable bonds is 3. The van der Waals surface area contributed by atoms with Crippen molar-refractivity contribution in [2.45, 2.75) is 25.8 Å². The van der Waals surface area contributed by atoms with Crippen LogP contribution in [0.15, 0.2) is 18.3 Å². The normalized spacial score (nSPS) is 21.1. The van der Waals surface area contributed by atoms with Crippen LogP contribution in [0.4, 0.5) is 0 Å². The average molecular weight is 192 g/mol. The molecule has 0 saturated carbocycles. The maximum Gasteiger partial charge on any atom is 0.213 e. The quantitative estimate of drug-likeness (QED) is 0.794. The predicted octanol–water partition coefficient (Wildman–Crippen LogP) is 1.90. The zero-order valence-corrected chi connectivity index (χ0v) is 8.49. The Kier molecular flexibility index (Phi) is 2.99. The SMILES string of the molecule is CCOc1ccc(C2CCCN2)cn1. The van der Waals surface area contributed by atoms with Crippen molar-refractivity contribution >= 4 is 0 Å². The molecule has 2 rings (SSSR count). The molecule has 0 radical (unpaired) electrons. The van der Waals surface area contributed by atoms with Crippen LogP contribution in [0.2, 0.25) is 0 Å². The highest BCUT2D eigenvalue weighted by atomic mass is 16.5. The van der Waals surface area contributed by atoms with E-state index in [4.69, 9.17) is 4.74 Å². The smallest absolute Gasteiger partial charge is 0.213 e. The van der Waals surface area contributed by atoms with Gasteiger partial charge in [-0.1, -0.05) is 6.07 Å². The van der Waals surface area contributed by atoms with Crippen molar-refractivity contribution in [2.75, 3.05) is 13.2 Å². The van der Waals surface area contributed by atoms with Crippen LogP contribution in [0.3, 0.4) is 0 Å². The highest BCUT2D eigenvalue weighted by Gasteiger charge is 2.15. The summed E-state index contributed by atoms with van der Waals surface area (Å²) in [6, 6.07) is 4.54. The lowest BCUT2D eigenvalue weighted by atomic mass is 10.1. The lowest BCUT2D eigenvalue weighted by Gasteiger charge is -2.10. The molecular weight excluding hydrogens is 176 g/mol. The zero-order chi connectivity index (χ0) is 9.80. The molecule has 76 valence electrons. The molecular formula is C11H16N2O. The first-order valence-electron chi connectivity index (χ1n) is 5.22. The summed E-state index contributed by atoms with van der Waals surface area (Å²) >= 11 is 0. The number of pyridine rings is 1. The molecule has 0 bridgehead atoms. The molecule has 1 atom stereocenters. The molecule has 1 N–H and O–H groups in total. The molecule has 1 unspecified atom stereocenters. The van der Waals surface area contributed by atoms with E-state index in [9.17, 15) is 0 Å². The van der Waals surface area contributed by atoms with Gasteiger partial charge in [0.2, 0.25) is 5.88 Å². The Hall–Kier alpha value is -1.09. The molecule has 1 aromatic heterocycles. The number of nitrogens with zero attached hydrogens (tertiary/aromatic N) is 1. The summed E-state index contributed by atoms with van der Waals surface area (Å²) in [4.78, 5) is 4.25. The fourth-order valence-electron chi connectivity index (χ4n) is 1.80. The fraction of sp³-hybridized carbons (Fsp3) is 0.545. The third kappa shape index (κ3) is 2.04. The van der Waals surface area contributed by atoms with Gasteiger partial charge in [0.25, 0.3) is 0 Å². The predicted molar refractivity (Wildman–Crippen MR) is 55.4 cm³/mol. The molecule has 14 heavy (non-hydrogen) atoms. The van der Waals surface area contributed by atoms with Gasteiger partial charge in [-0.05, 0) is 31.9 Å². The average Bonchev–Trinajstić information content (AvgIpc) is 2.72. The highest BCUT2D eigenvalue weighted by molar-refractivity contribution is 5.21. The second-order valence-corrected chi connectivity index (χ2v) is 3.51. The third-order valence-electron chi connectivity index (χ3n) is 2.51. The fourth-order valence-corrected chi connectivity index (χ4v) is 1.80. The minimum absolute atomic E-state index is 0.498. The van der Waals surface area contributed by atoms with E-state index in [-0.39, 0.29) is 0 Å². The Morgan fingerprint density at radius 3 is 3.07 bits per heavy atom. The second-order valence-electron chi connectivity index (χ2n) is 3.51. The van der Waals surface area contributed by atoms with E-state index in [2.05, 4.69) is 16.4 Å². The van der Waals surface area contributed by atoms with Gasteiger partial charge in [-0.2, -0.15) is 0 Å². The Bertz CT molecular complexity index is 278. The van der Waals surface area contributed by atoms with Crippen molar-refractivity contribution in [3.8, 4) is 5.88 Å². The molecule has 0 spiro atoms. The van der Waals surface area contributed by atoms with Gasteiger partial charge in [0.15, 0.2) is 0 Å². The Labute approximate surface area is 84.5 Å². The van der Waals surface area contributed by atoms with Crippen LogP contribution < -0.4 is 10.1 Å². The summed E-state index contributed by atoms with van der Waals surface area (Å²) < 4.78 is 5.29. The van der Waals surface area contributed by atoms with E-state index >= 15 is 0 Å². The van der Waals surface area contributed by atoms with Crippen LogP contribution in [0.25, 0.3) is 0 Å². The minimum atomic E-state index is 0.498. The van der Waals surface area contributed by atoms with Crippen molar-refractivity contribution in [3.05, 3.63) is 23.9 Å². The van der Waals surface area contributed by atoms with Crippen LogP contribution in [-0.2, 0) is 0 Å². The molecule has 0 amide bonds. The second kappa shape index (κ2) is 4.42. The standard InChI is InChI=1S/C11H16N2O/c1-2-14-11-6-5-9(8-13-11)10-4-3-7-12-10/h5-6,8,10,12H,2-4,7H2,1H3. The van der Waals surface area contributed by atoms with E-state index in [0.29, 0.717) is 18.5 Å². The number of hydrogen-bond donors (Lipinski definition) is 1. The van der Waals surface area contributed by atoms with E-state index in [1.54, 1.807) is 0 Å². The maximum atomic E-state index is 5.29. The Balaban J connectivity index is 2.05. The van der Waals surface area contributed by atoms with E-state index in [0.717, 1.165) is 6.54 Å². The number of nitrogens with one attached hydrogen (secondary N) is 1. The Morgan fingerprint density at radius 1 is 1.57 bits per heavy atom. The minimum Gasteiger partial charge on any atom is -0.478 e. The van der Waals surface area contributed by atoms with Crippen molar-refractivity contribution < 1.29 is 4.74 Å². The van der Waals surface area contributed by atoms with Gasteiger partial charge in [-0.25, -0.2) is 4.98 Å². The molecule has 1 aromatic rings. The summed E-state index contributed by atoms with van der Waals surface area (Å²) in [6.45, 7) is 3.76. The van der Waals surface area contributed by atoms with Crippen LogP contribution >= 0.6 is 0 Å². The number of aromatic nitrogens is 1. The summed E-state index contributed by atoms with van der Waals surface area (Å²) in [7, 11) is 0. The third-order valence-corrected chi connectivity index (χ3v) is 2.51. The van der Waals surface area contributed by atoms with Gasteiger partial charge in [-0.15, -0.1) is 0 Å². The van der Waals surface area contributed by atoms with E-state index in [1.807, 2.05) is 19.2 Å². The van der Waals surface area contributed by atoms with Crippen molar-refractivity contribution in [1.82, 2.24) is 10.3 Å². The zero-order valence-electron chi connectivity index (χ0n) is 8.49. The number of hydrogen-bond acceptors (Lipinski definition) is 3. The van der Waals surface area contributed by atoms with Crippen LogP contribution in [-0.4, -0.2) is 18.1 Å². The van der Waals surface area contributed by atoms with Crippen molar-refractivity contribution in [1.29, 1.82) is 0 Å². The summed E-state index contributed by atoms with van der Waals surface area (Å²) in [6.07, 6.45) is 4.39. The topological polar surface area (TPSA) is 34.1 Å². The monoisotopic (exact) mass is 192 g/mol. The van der Waals surface area contributed by atoms with Crippen molar-refractivity contribution in [3.63, 3.8) is 0 Å². The van der Waals surface area contributed by atoms with Gasteiger partial charge in [0, 0.05) is 18.3 Å². The summed E-state index contributed by atoms with van der Waals surface area (Å²) in [5.41, 5.74) is 1.27. The maximum absolute atomic E-state index is 5.29. The highest BCUT2D eigenvalue weighted by Crippen LogP contribution is 2.23. The van der Waals surface area contributed by atoms with Crippen LogP contribution in [0, 0.1) is 0 Å². The first-order valence-corrected chi connectivity index (χ1v) is 5.22. The molecule has 2 heterocycles. The molecule has 0 aliphatic carbocycles. The van der Waals surface area contributed by atoms with Gasteiger partial charge in [0.05, 0.1) is 6.61 Å². The molecule has 0 aromatic carbocycles. The van der Waals surface area contributed by atoms with E-state index < -0.39 is 0 Å². The summed E-state index contributed by atoms with van der Waals surface area (Å²) in [5, 5.41) is 3.44. The first-order chi connectivity index (χ1) is 6.90. The van der Waals surface area contributed by atoms with Gasteiger partial charge in [-0.3, -0.25) is 0 Å². The molecule has 1 saturated heterocycles. The first kappa shape index (κ1) is 9.46. The lowest BCUT2D eigenvalue weighted by Crippen LogP contribution is -2.12. The van der Waals surface area contributed by atoms with Crippen LogP contribution in [0.5, 0.6) is 5.88 Å². The number of ether oxygens (including phenoxy) is 1. The Morgan fingerprint density at radius 2 is 2.50 bits per heavy atom. The lowest BCUT2D eigenvalue weighted by molar-refractivity contribution is 0.326. The molecule has 1 aliphatic rings. The van der Waals surface area contributed by atoms with Gasteiger partial charge in [0.1, 0.15) is 0 Å². The molecule has 1 fully saturated rings. The molecule has 3 heteroatoms. The largest absolute Gasteiger partial charge is 0.478 e. The molecule has 1 aliphatic heterocycles. The van der Waals surface area contributed by atoms with Gasteiger partial charge >= 0.3 is 0 Å².